The number of anilines is 2. The molecular formula is C21H16N4S. The third kappa shape index (κ3) is 3.03. The SMILES string of the molecule is Cc1ccnc2sc(N(Cc3ccccc3C#N)c3ccccc3)nc12. The van der Waals surface area contributed by atoms with Crippen LogP contribution in [0.5, 0.6) is 0 Å². The highest BCUT2D eigenvalue weighted by atomic mass is 32.1. The molecule has 0 amide bonds. The summed E-state index contributed by atoms with van der Waals surface area (Å²) < 4.78 is 0. The summed E-state index contributed by atoms with van der Waals surface area (Å²) in [6.45, 7) is 2.62. The van der Waals surface area contributed by atoms with E-state index >= 15 is 0 Å². The smallest absolute Gasteiger partial charge is 0.192 e. The molecule has 0 radical (unpaired) electrons. The lowest BCUT2D eigenvalue weighted by Crippen LogP contribution is -2.17. The Morgan fingerprint density at radius 1 is 1.04 bits per heavy atom. The van der Waals surface area contributed by atoms with E-state index in [9.17, 15) is 5.26 Å². The van der Waals surface area contributed by atoms with Gasteiger partial charge in [-0.15, -0.1) is 0 Å². The number of rotatable bonds is 4. The van der Waals surface area contributed by atoms with Crippen LogP contribution in [0.1, 0.15) is 16.7 Å². The maximum Gasteiger partial charge on any atom is 0.192 e. The second kappa shape index (κ2) is 6.95. The van der Waals surface area contributed by atoms with E-state index in [-0.39, 0.29) is 0 Å². The van der Waals surface area contributed by atoms with Crippen molar-refractivity contribution < 1.29 is 0 Å². The van der Waals surface area contributed by atoms with Crippen molar-refractivity contribution in [1.82, 2.24) is 9.97 Å². The van der Waals surface area contributed by atoms with E-state index in [0.717, 1.165) is 32.3 Å². The molecule has 0 saturated heterocycles. The van der Waals surface area contributed by atoms with Crippen LogP contribution in [0.25, 0.3) is 10.3 Å². The molecule has 0 aliphatic heterocycles. The van der Waals surface area contributed by atoms with Crippen molar-refractivity contribution in [1.29, 1.82) is 5.26 Å². The first-order chi connectivity index (χ1) is 12.8. The zero-order chi connectivity index (χ0) is 17.9. The summed E-state index contributed by atoms with van der Waals surface area (Å²) in [4.78, 5) is 12.4. The van der Waals surface area contributed by atoms with Crippen LogP contribution in [0.15, 0.2) is 66.9 Å². The first-order valence-electron chi connectivity index (χ1n) is 8.29. The van der Waals surface area contributed by atoms with Crippen molar-refractivity contribution in [3.8, 4) is 6.07 Å². The van der Waals surface area contributed by atoms with Gasteiger partial charge in [0.2, 0.25) is 0 Å². The van der Waals surface area contributed by atoms with Crippen LogP contribution in [0.2, 0.25) is 0 Å². The average Bonchev–Trinajstić information content (AvgIpc) is 3.12. The fraction of sp³-hybridized carbons (Fsp3) is 0.0952. The predicted molar refractivity (Wildman–Crippen MR) is 106 cm³/mol. The fourth-order valence-electron chi connectivity index (χ4n) is 2.87. The number of hydrogen-bond acceptors (Lipinski definition) is 5. The number of hydrogen-bond donors (Lipinski definition) is 0. The van der Waals surface area contributed by atoms with Crippen molar-refractivity contribution >= 4 is 32.5 Å². The third-order valence-electron chi connectivity index (χ3n) is 4.25. The molecule has 2 heterocycles. The summed E-state index contributed by atoms with van der Waals surface area (Å²) in [6.07, 6.45) is 1.82. The fourth-order valence-corrected chi connectivity index (χ4v) is 3.88. The summed E-state index contributed by atoms with van der Waals surface area (Å²) in [7, 11) is 0. The van der Waals surface area contributed by atoms with Crippen LogP contribution < -0.4 is 4.90 Å². The van der Waals surface area contributed by atoms with Gasteiger partial charge in [-0.2, -0.15) is 5.26 Å². The number of aryl methyl sites for hydroxylation is 1. The Bertz CT molecular complexity index is 1100. The molecule has 4 aromatic rings. The van der Waals surface area contributed by atoms with Gasteiger partial charge >= 0.3 is 0 Å². The molecule has 4 nitrogen and oxygen atoms in total. The lowest BCUT2D eigenvalue weighted by Gasteiger charge is -2.22. The van der Waals surface area contributed by atoms with Crippen LogP contribution >= 0.6 is 11.3 Å². The lowest BCUT2D eigenvalue weighted by atomic mass is 10.1. The number of nitrogens with zero attached hydrogens (tertiary/aromatic N) is 4. The molecule has 0 aliphatic carbocycles. The number of fused-ring (bicyclic) bond motifs is 1. The number of nitriles is 1. The molecule has 2 aromatic carbocycles. The standard InChI is InChI=1S/C21H16N4S/c1-15-11-12-23-20-19(15)24-21(26-20)25(18-9-3-2-4-10-18)14-17-8-6-5-7-16(17)13-22/h2-12H,14H2,1H3. The van der Waals surface area contributed by atoms with Crippen molar-refractivity contribution in [3.63, 3.8) is 0 Å². The quantitative estimate of drug-likeness (QED) is 0.504. The molecule has 0 fully saturated rings. The van der Waals surface area contributed by atoms with E-state index in [2.05, 4.69) is 28.1 Å². The van der Waals surface area contributed by atoms with Gasteiger partial charge in [0.15, 0.2) is 5.13 Å². The van der Waals surface area contributed by atoms with Gasteiger partial charge in [0.25, 0.3) is 0 Å². The molecule has 0 unspecified atom stereocenters. The molecule has 0 bridgehead atoms. The molecule has 0 N–H and O–H groups in total. The van der Waals surface area contributed by atoms with E-state index < -0.39 is 0 Å². The van der Waals surface area contributed by atoms with E-state index in [1.807, 2.05) is 61.7 Å². The zero-order valence-electron chi connectivity index (χ0n) is 14.3. The molecule has 0 saturated carbocycles. The topological polar surface area (TPSA) is 52.8 Å². The number of thiazole rings is 1. The van der Waals surface area contributed by atoms with Crippen LogP contribution in [0.4, 0.5) is 10.8 Å². The minimum absolute atomic E-state index is 0.576. The molecule has 4 rings (SSSR count). The number of aromatic nitrogens is 2. The highest BCUT2D eigenvalue weighted by Crippen LogP contribution is 2.34. The Hall–Kier alpha value is -3.23. The summed E-state index contributed by atoms with van der Waals surface area (Å²) in [6, 6.07) is 22.1. The molecule has 5 heteroatoms. The van der Waals surface area contributed by atoms with Crippen molar-refractivity contribution in [3.05, 3.63) is 83.6 Å². The van der Waals surface area contributed by atoms with Gasteiger partial charge in [0.05, 0.1) is 18.2 Å². The molecule has 126 valence electrons. The van der Waals surface area contributed by atoms with Gasteiger partial charge in [-0.25, -0.2) is 9.97 Å². The van der Waals surface area contributed by atoms with Crippen molar-refractivity contribution in [2.24, 2.45) is 0 Å². The lowest BCUT2D eigenvalue weighted by molar-refractivity contribution is 0.964. The van der Waals surface area contributed by atoms with E-state index in [0.29, 0.717) is 12.1 Å². The van der Waals surface area contributed by atoms with Gasteiger partial charge in [0, 0.05) is 11.9 Å². The highest BCUT2D eigenvalue weighted by Gasteiger charge is 2.17. The molecule has 26 heavy (non-hydrogen) atoms. The molecular weight excluding hydrogens is 340 g/mol. The van der Waals surface area contributed by atoms with Gasteiger partial charge in [-0.3, -0.25) is 0 Å². The van der Waals surface area contributed by atoms with Gasteiger partial charge in [-0.1, -0.05) is 47.7 Å². The summed E-state index contributed by atoms with van der Waals surface area (Å²) in [5.41, 5.74) is 4.74. The first-order valence-corrected chi connectivity index (χ1v) is 9.10. The van der Waals surface area contributed by atoms with E-state index in [4.69, 9.17) is 4.98 Å². The predicted octanol–water partition coefficient (Wildman–Crippen LogP) is 5.21. The Kier molecular flexibility index (Phi) is 4.34. The van der Waals surface area contributed by atoms with Gasteiger partial charge in [0.1, 0.15) is 10.3 Å². The second-order valence-corrected chi connectivity index (χ2v) is 6.92. The minimum Gasteiger partial charge on any atom is -0.313 e. The molecule has 0 atom stereocenters. The summed E-state index contributed by atoms with van der Waals surface area (Å²) in [5.74, 6) is 0. The van der Waals surface area contributed by atoms with Crippen LogP contribution in [-0.2, 0) is 6.54 Å². The average molecular weight is 356 g/mol. The first kappa shape index (κ1) is 16.2. The largest absolute Gasteiger partial charge is 0.313 e. The zero-order valence-corrected chi connectivity index (χ0v) is 15.1. The number of para-hydroxylation sites is 1. The van der Waals surface area contributed by atoms with Crippen LogP contribution in [-0.4, -0.2) is 9.97 Å². The monoisotopic (exact) mass is 356 g/mol. The van der Waals surface area contributed by atoms with E-state index in [1.54, 1.807) is 11.3 Å². The number of benzene rings is 2. The molecule has 0 spiro atoms. The Balaban J connectivity index is 1.83. The Morgan fingerprint density at radius 3 is 2.58 bits per heavy atom. The summed E-state index contributed by atoms with van der Waals surface area (Å²) >= 11 is 1.57. The highest BCUT2D eigenvalue weighted by molar-refractivity contribution is 7.21. The maximum absolute atomic E-state index is 9.43. The third-order valence-corrected chi connectivity index (χ3v) is 5.24. The molecule has 0 aliphatic rings. The number of pyridine rings is 1. The van der Waals surface area contributed by atoms with Gasteiger partial charge in [-0.05, 0) is 42.3 Å². The Labute approximate surface area is 156 Å². The van der Waals surface area contributed by atoms with Crippen LogP contribution in [0.3, 0.4) is 0 Å². The van der Waals surface area contributed by atoms with Crippen molar-refractivity contribution in [2.75, 3.05) is 4.90 Å². The van der Waals surface area contributed by atoms with Crippen molar-refractivity contribution in [2.45, 2.75) is 13.5 Å². The normalized spacial score (nSPS) is 10.6. The minimum atomic E-state index is 0.576. The Morgan fingerprint density at radius 2 is 1.81 bits per heavy atom. The van der Waals surface area contributed by atoms with E-state index in [1.165, 1.54) is 0 Å². The molecule has 2 aromatic heterocycles. The maximum atomic E-state index is 9.43. The van der Waals surface area contributed by atoms with Crippen LogP contribution in [0, 0.1) is 18.3 Å². The summed E-state index contributed by atoms with van der Waals surface area (Å²) in [5, 5.41) is 10.3. The second-order valence-electron chi connectivity index (χ2n) is 5.97. The van der Waals surface area contributed by atoms with Gasteiger partial charge < -0.3 is 4.90 Å².